The second-order valence-corrected chi connectivity index (χ2v) is 8.14. The SMILES string of the molecule is O=C(NCc1ccccn1)[C@@H]1CN(C(=O)C2[C@H]3COC[C@@H]23)C[C@H]2OCC[C@H]21. The van der Waals surface area contributed by atoms with Gasteiger partial charge in [-0.3, -0.25) is 14.6 Å². The molecule has 1 unspecified atom stereocenters. The van der Waals surface area contributed by atoms with Gasteiger partial charge in [0.25, 0.3) is 0 Å². The van der Waals surface area contributed by atoms with Gasteiger partial charge in [-0.1, -0.05) is 6.07 Å². The molecule has 0 radical (unpaired) electrons. The molecule has 3 saturated heterocycles. The van der Waals surface area contributed by atoms with E-state index in [0.717, 1.165) is 12.1 Å². The van der Waals surface area contributed by atoms with Crippen LogP contribution in [0.3, 0.4) is 0 Å². The topological polar surface area (TPSA) is 80.8 Å². The van der Waals surface area contributed by atoms with Gasteiger partial charge in [0.05, 0.1) is 37.5 Å². The van der Waals surface area contributed by atoms with E-state index in [9.17, 15) is 9.59 Å². The van der Waals surface area contributed by atoms with Gasteiger partial charge in [-0.25, -0.2) is 0 Å². The average molecular weight is 371 g/mol. The van der Waals surface area contributed by atoms with Crippen LogP contribution in [0.2, 0.25) is 0 Å². The Labute approximate surface area is 158 Å². The number of nitrogens with zero attached hydrogens (tertiary/aromatic N) is 2. The van der Waals surface area contributed by atoms with Crippen molar-refractivity contribution >= 4 is 11.8 Å². The predicted octanol–water partition coefficient (Wildman–Crippen LogP) is 0.454. The molecule has 1 aromatic heterocycles. The minimum atomic E-state index is -0.214. The third-order valence-electron chi connectivity index (χ3n) is 6.65. The molecule has 0 bridgehead atoms. The molecular formula is C20H25N3O4. The summed E-state index contributed by atoms with van der Waals surface area (Å²) in [4.78, 5) is 32.0. The van der Waals surface area contributed by atoms with Crippen molar-refractivity contribution in [3.8, 4) is 0 Å². The molecule has 7 heteroatoms. The molecule has 3 aliphatic heterocycles. The van der Waals surface area contributed by atoms with Gasteiger partial charge in [-0.2, -0.15) is 0 Å². The number of fused-ring (bicyclic) bond motifs is 2. The number of amides is 2. The molecular weight excluding hydrogens is 346 g/mol. The molecule has 1 N–H and O–H groups in total. The molecule has 1 aliphatic carbocycles. The lowest BCUT2D eigenvalue weighted by Crippen LogP contribution is -2.54. The van der Waals surface area contributed by atoms with E-state index < -0.39 is 0 Å². The fourth-order valence-electron chi connectivity index (χ4n) is 5.06. The monoisotopic (exact) mass is 371 g/mol. The van der Waals surface area contributed by atoms with Crippen LogP contribution in [0, 0.1) is 29.6 Å². The van der Waals surface area contributed by atoms with Gasteiger partial charge in [-0.15, -0.1) is 0 Å². The highest BCUT2D eigenvalue weighted by Crippen LogP contribution is 2.52. The summed E-state index contributed by atoms with van der Waals surface area (Å²) in [6.07, 6.45) is 2.58. The van der Waals surface area contributed by atoms with Crippen LogP contribution in [0.15, 0.2) is 24.4 Å². The number of ether oxygens (including phenoxy) is 2. The number of piperidine rings is 1. The smallest absolute Gasteiger partial charge is 0.226 e. The Balaban J connectivity index is 1.25. The normalized spacial score (nSPS) is 36.8. The van der Waals surface area contributed by atoms with Gasteiger partial charge < -0.3 is 19.7 Å². The molecule has 4 heterocycles. The molecule has 2 amide bonds. The summed E-state index contributed by atoms with van der Waals surface area (Å²) in [7, 11) is 0. The van der Waals surface area contributed by atoms with E-state index in [-0.39, 0.29) is 35.7 Å². The quantitative estimate of drug-likeness (QED) is 0.831. The number of carbonyl (C=O) groups is 2. The Morgan fingerprint density at radius 3 is 2.81 bits per heavy atom. The van der Waals surface area contributed by atoms with Crippen molar-refractivity contribution in [1.82, 2.24) is 15.2 Å². The molecule has 4 fully saturated rings. The van der Waals surface area contributed by atoms with Crippen LogP contribution in [0.4, 0.5) is 0 Å². The lowest BCUT2D eigenvalue weighted by molar-refractivity contribution is -0.143. The first-order valence-corrected chi connectivity index (χ1v) is 9.88. The van der Waals surface area contributed by atoms with Crippen LogP contribution in [0.1, 0.15) is 12.1 Å². The standard InChI is InChI=1S/C20H25N3O4/c24-19(22-7-12-3-1-2-5-21-12)14-8-23(9-17-13(14)4-6-27-17)20(25)18-15-10-26-11-16(15)18/h1-3,5,13-18H,4,6-11H2,(H,22,24)/t13-,14+,15-,16+,17+,18?/m0/s1. The molecule has 0 aromatic carbocycles. The molecule has 7 nitrogen and oxygen atoms in total. The summed E-state index contributed by atoms with van der Waals surface area (Å²) in [5.74, 6) is 1.03. The highest BCUT2D eigenvalue weighted by Gasteiger charge is 2.60. The molecule has 27 heavy (non-hydrogen) atoms. The Hall–Kier alpha value is -1.99. The molecule has 5 rings (SSSR count). The van der Waals surface area contributed by atoms with Crippen LogP contribution in [0.25, 0.3) is 0 Å². The Kier molecular flexibility index (Phi) is 4.36. The average Bonchev–Trinajstić information content (AvgIpc) is 3.07. The number of nitrogens with one attached hydrogen (secondary N) is 1. The van der Waals surface area contributed by atoms with Crippen molar-refractivity contribution in [3.63, 3.8) is 0 Å². The van der Waals surface area contributed by atoms with E-state index in [2.05, 4.69) is 10.3 Å². The zero-order valence-electron chi connectivity index (χ0n) is 15.3. The van der Waals surface area contributed by atoms with Crippen LogP contribution in [-0.2, 0) is 25.6 Å². The van der Waals surface area contributed by atoms with Gasteiger partial charge in [0.1, 0.15) is 0 Å². The van der Waals surface area contributed by atoms with Gasteiger partial charge in [0.2, 0.25) is 11.8 Å². The molecule has 6 atom stereocenters. The van der Waals surface area contributed by atoms with E-state index in [4.69, 9.17) is 9.47 Å². The third kappa shape index (κ3) is 3.12. The molecule has 1 aromatic rings. The van der Waals surface area contributed by atoms with Crippen LogP contribution < -0.4 is 5.32 Å². The first-order chi connectivity index (χ1) is 13.2. The van der Waals surface area contributed by atoms with Crippen molar-refractivity contribution < 1.29 is 19.1 Å². The highest BCUT2D eigenvalue weighted by atomic mass is 16.5. The first-order valence-electron chi connectivity index (χ1n) is 9.88. The summed E-state index contributed by atoms with van der Waals surface area (Å²) in [5, 5.41) is 3.01. The fraction of sp³-hybridized carbons (Fsp3) is 0.650. The van der Waals surface area contributed by atoms with Crippen molar-refractivity contribution in [2.24, 2.45) is 29.6 Å². The minimum Gasteiger partial charge on any atom is -0.381 e. The molecule has 0 spiro atoms. The van der Waals surface area contributed by atoms with Gasteiger partial charge in [0.15, 0.2) is 0 Å². The van der Waals surface area contributed by atoms with E-state index in [1.54, 1.807) is 6.20 Å². The van der Waals surface area contributed by atoms with Crippen molar-refractivity contribution in [3.05, 3.63) is 30.1 Å². The Morgan fingerprint density at radius 2 is 2.04 bits per heavy atom. The molecule has 4 aliphatic rings. The fourth-order valence-corrected chi connectivity index (χ4v) is 5.06. The lowest BCUT2D eigenvalue weighted by Gasteiger charge is -2.39. The van der Waals surface area contributed by atoms with E-state index >= 15 is 0 Å². The summed E-state index contributed by atoms with van der Waals surface area (Å²) in [6, 6.07) is 5.66. The number of rotatable bonds is 4. The molecule has 144 valence electrons. The highest BCUT2D eigenvalue weighted by molar-refractivity contribution is 5.85. The number of aromatic nitrogens is 1. The minimum absolute atomic E-state index is 0.00187. The number of pyridine rings is 1. The largest absolute Gasteiger partial charge is 0.381 e. The van der Waals surface area contributed by atoms with Gasteiger partial charge in [-0.05, 0) is 30.4 Å². The third-order valence-corrected chi connectivity index (χ3v) is 6.65. The number of hydrogen-bond donors (Lipinski definition) is 1. The Morgan fingerprint density at radius 1 is 1.19 bits per heavy atom. The maximum Gasteiger partial charge on any atom is 0.226 e. The van der Waals surface area contributed by atoms with Crippen LogP contribution in [0.5, 0.6) is 0 Å². The maximum absolute atomic E-state index is 13.0. The van der Waals surface area contributed by atoms with Gasteiger partial charge >= 0.3 is 0 Å². The summed E-state index contributed by atoms with van der Waals surface area (Å²) < 4.78 is 11.3. The van der Waals surface area contributed by atoms with Crippen LogP contribution in [-0.4, -0.2) is 60.7 Å². The first kappa shape index (κ1) is 17.1. The summed E-state index contributed by atoms with van der Waals surface area (Å²) in [6.45, 7) is 3.59. The lowest BCUT2D eigenvalue weighted by atomic mass is 9.82. The summed E-state index contributed by atoms with van der Waals surface area (Å²) in [5.41, 5.74) is 0.833. The predicted molar refractivity (Wildman–Crippen MR) is 95.3 cm³/mol. The van der Waals surface area contributed by atoms with Gasteiger partial charge in [0, 0.05) is 37.7 Å². The van der Waals surface area contributed by atoms with Crippen LogP contribution >= 0.6 is 0 Å². The van der Waals surface area contributed by atoms with E-state index in [1.807, 2.05) is 23.1 Å². The van der Waals surface area contributed by atoms with E-state index in [1.165, 1.54) is 0 Å². The molecule has 1 saturated carbocycles. The number of likely N-dealkylation sites (tertiary alicyclic amines) is 1. The number of hydrogen-bond acceptors (Lipinski definition) is 5. The summed E-state index contributed by atoms with van der Waals surface area (Å²) >= 11 is 0. The second-order valence-electron chi connectivity index (χ2n) is 8.14. The zero-order valence-corrected chi connectivity index (χ0v) is 15.3. The van der Waals surface area contributed by atoms with Crippen molar-refractivity contribution in [1.29, 1.82) is 0 Å². The number of carbonyl (C=O) groups excluding carboxylic acids is 2. The maximum atomic E-state index is 13.0. The van der Waals surface area contributed by atoms with Crippen molar-refractivity contribution in [2.75, 3.05) is 32.9 Å². The Bertz CT molecular complexity index is 717. The second kappa shape index (κ2) is 6.87. The van der Waals surface area contributed by atoms with Crippen molar-refractivity contribution in [2.45, 2.75) is 19.1 Å². The zero-order chi connectivity index (χ0) is 18.4. The van der Waals surface area contributed by atoms with E-state index in [0.29, 0.717) is 51.3 Å².